The van der Waals surface area contributed by atoms with Crippen LogP contribution in [0.15, 0.2) is 30.3 Å². The Morgan fingerprint density at radius 2 is 1.88 bits per heavy atom. The lowest BCUT2D eigenvalue weighted by atomic mass is 9.93. The van der Waals surface area contributed by atoms with Gasteiger partial charge in [0.1, 0.15) is 5.82 Å². The lowest BCUT2D eigenvalue weighted by molar-refractivity contribution is 0.0524. The van der Waals surface area contributed by atoms with Crippen molar-refractivity contribution < 1.29 is 13.9 Å². The normalized spacial score (nSPS) is 11.3. The van der Waals surface area contributed by atoms with E-state index in [1.165, 1.54) is 12.1 Å². The fraction of sp³-hybridized carbons (Fsp3) is 0.333. The number of nitrogens with zero attached hydrogens (tertiary/aromatic N) is 2. The molecule has 3 aromatic rings. The number of esters is 1. The first-order valence-electron chi connectivity index (χ1n) is 8.81. The fourth-order valence-electron chi connectivity index (χ4n) is 3.33. The van der Waals surface area contributed by atoms with E-state index in [0.29, 0.717) is 11.3 Å². The molecule has 2 heterocycles. The van der Waals surface area contributed by atoms with Crippen LogP contribution in [0.3, 0.4) is 0 Å². The van der Waals surface area contributed by atoms with E-state index in [1.54, 1.807) is 19.1 Å². The van der Waals surface area contributed by atoms with E-state index in [0.717, 1.165) is 27.9 Å². The molecule has 5 heteroatoms. The topological polar surface area (TPSA) is 43.6 Å². The highest BCUT2D eigenvalue weighted by atomic mass is 19.1. The number of halogens is 1. The van der Waals surface area contributed by atoms with Crippen LogP contribution in [0.4, 0.5) is 4.39 Å². The van der Waals surface area contributed by atoms with E-state index in [-0.39, 0.29) is 18.3 Å². The lowest BCUT2D eigenvalue weighted by Crippen LogP contribution is -2.16. The first-order valence-corrected chi connectivity index (χ1v) is 8.81. The van der Waals surface area contributed by atoms with Gasteiger partial charge in [-0.25, -0.2) is 13.7 Å². The van der Waals surface area contributed by atoms with E-state index in [9.17, 15) is 9.18 Å². The van der Waals surface area contributed by atoms with Crippen molar-refractivity contribution in [2.45, 2.75) is 40.5 Å². The van der Waals surface area contributed by atoms with Gasteiger partial charge < -0.3 is 4.74 Å². The molecule has 0 bridgehead atoms. The third kappa shape index (κ3) is 2.98. The minimum absolute atomic E-state index is 0.0279. The van der Waals surface area contributed by atoms with Crippen LogP contribution in [0, 0.1) is 19.7 Å². The first kappa shape index (κ1) is 18.1. The molecule has 3 rings (SSSR count). The van der Waals surface area contributed by atoms with Crippen molar-refractivity contribution in [3.05, 3.63) is 58.7 Å². The van der Waals surface area contributed by atoms with Crippen molar-refractivity contribution >= 4 is 11.5 Å². The van der Waals surface area contributed by atoms with Gasteiger partial charge in [-0.2, -0.15) is 5.10 Å². The van der Waals surface area contributed by atoms with Crippen molar-refractivity contribution in [1.29, 1.82) is 0 Å². The molecule has 0 fully saturated rings. The molecule has 0 aliphatic heterocycles. The Kier molecular flexibility index (Phi) is 4.81. The van der Waals surface area contributed by atoms with E-state index >= 15 is 0 Å². The van der Waals surface area contributed by atoms with E-state index in [4.69, 9.17) is 9.84 Å². The van der Waals surface area contributed by atoms with Crippen LogP contribution in [0.25, 0.3) is 16.6 Å². The number of carbonyl (C=O) groups is 1. The Bertz CT molecular complexity index is 972. The number of aryl methyl sites for hydroxylation is 2. The molecule has 0 atom stereocenters. The zero-order valence-electron chi connectivity index (χ0n) is 15.8. The number of aromatic nitrogens is 2. The SMILES string of the molecule is CCOC(=O)c1c(C(C)C)nn2c(C)cc(C)c2c1-c1ccc(F)cc1. The summed E-state index contributed by atoms with van der Waals surface area (Å²) >= 11 is 0. The summed E-state index contributed by atoms with van der Waals surface area (Å²) in [6.45, 7) is 10.0. The van der Waals surface area contributed by atoms with Crippen molar-refractivity contribution in [2.75, 3.05) is 6.61 Å². The summed E-state index contributed by atoms with van der Waals surface area (Å²) in [5, 5.41) is 4.74. The van der Waals surface area contributed by atoms with Gasteiger partial charge in [-0.15, -0.1) is 0 Å². The average molecular weight is 354 g/mol. The van der Waals surface area contributed by atoms with Gasteiger partial charge in [-0.1, -0.05) is 26.0 Å². The molecular weight excluding hydrogens is 331 g/mol. The Morgan fingerprint density at radius 3 is 2.46 bits per heavy atom. The van der Waals surface area contributed by atoms with Crippen LogP contribution in [-0.4, -0.2) is 22.2 Å². The van der Waals surface area contributed by atoms with Crippen molar-refractivity contribution in [1.82, 2.24) is 9.61 Å². The van der Waals surface area contributed by atoms with Gasteiger partial charge in [-0.3, -0.25) is 0 Å². The highest BCUT2D eigenvalue weighted by molar-refractivity contribution is 6.03. The maximum absolute atomic E-state index is 13.5. The van der Waals surface area contributed by atoms with Gasteiger partial charge in [0.25, 0.3) is 0 Å². The molecule has 2 aromatic heterocycles. The molecule has 0 amide bonds. The molecule has 4 nitrogen and oxygen atoms in total. The van der Waals surface area contributed by atoms with Gasteiger partial charge in [0.15, 0.2) is 0 Å². The Balaban J connectivity index is 2.48. The van der Waals surface area contributed by atoms with Crippen LogP contribution in [0.1, 0.15) is 54.0 Å². The average Bonchev–Trinajstić information content (AvgIpc) is 2.88. The molecule has 0 N–H and O–H groups in total. The fourth-order valence-corrected chi connectivity index (χ4v) is 3.33. The highest BCUT2D eigenvalue weighted by Gasteiger charge is 2.26. The molecule has 0 unspecified atom stereocenters. The number of benzene rings is 1. The molecule has 0 saturated carbocycles. The predicted octanol–water partition coefficient (Wildman–Crippen LogP) is 5.06. The van der Waals surface area contributed by atoms with Gasteiger partial charge in [-0.05, 0) is 56.0 Å². The molecule has 0 spiro atoms. The second-order valence-electron chi connectivity index (χ2n) is 6.75. The molecular formula is C21H23FN2O2. The maximum Gasteiger partial charge on any atom is 0.340 e. The number of hydrogen-bond donors (Lipinski definition) is 0. The first-order chi connectivity index (χ1) is 12.3. The zero-order valence-corrected chi connectivity index (χ0v) is 15.8. The summed E-state index contributed by atoms with van der Waals surface area (Å²) in [4.78, 5) is 12.8. The van der Waals surface area contributed by atoms with Crippen LogP contribution < -0.4 is 0 Å². The third-order valence-corrected chi connectivity index (χ3v) is 4.45. The summed E-state index contributed by atoms with van der Waals surface area (Å²) in [6, 6.07) is 8.23. The summed E-state index contributed by atoms with van der Waals surface area (Å²) in [5.41, 5.74) is 5.49. The van der Waals surface area contributed by atoms with Crippen LogP contribution >= 0.6 is 0 Å². The molecule has 0 radical (unpaired) electrons. The highest BCUT2D eigenvalue weighted by Crippen LogP contribution is 2.36. The molecule has 136 valence electrons. The second kappa shape index (κ2) is 6.90. The van der Waals surface area contributed by atoms with Gasteiger partial charge in [0.2, 0.25) is 0 Å². The Morgan fingerprint density at radius 1 is 1.23 bits per heavy atom. The van der Waals surface area contributed by atoms with Crippen LogP contribution in [-0.2, 0) is 4.74 Å². The van der Waals surface area contributed by atoms with Crippen molar-refractivity contribution in [3.63, 3.8) is 0 Å². The number of carbonyl (C=O) groups excluding carboxylic acids is 1. The molecule has 26 heavy (non-hydrogen) atoms. The van der Waals surface area contributed by atoms with Crippen molar-refractivity contribution in [2.24, 2.45) is 0 Å². The Hall–Kier alpha value is -2.69. The molecule has 0 saturated heterocycles. The number of rotatable bonds is 4. The minimum atomic E-state index is -0.399. The monoisotopic (exact) mass is 354 g/mol. The summed E-state index contributed by atoms with van der Waals surface area (Å²) in [7, 11) is 0. The van der Waals surface area contributed by atoms with Crippen LogP contribution in [0.5, 0.6) is 0 Å². The minimum Gasteiger partial charge on any atom is -0.462 e. The zero-order chi connectivity index (χ0) is 19.0. The summed E-state index contributed by atoms with van der Waals surface area (Å²) in [5.74, 6) is -0.687. The summed E-state index contributed by atoms with van der Waals surface area (Å²) in [6.07, 6.45) is 0. The van der Waals surface area contributed by atoms with Crippen molar-refractivity contribution in [3.8, 4) is 11.1 Å². The largest absolute Gasteiger partial charge is 0.462 e. The van der Waals surface area contributed by atoms with E-state index in [1.807, 2.05) is 38.3 Å². The van der Waals surface area contributed by atoms with E-state index in [2.05, 4.69) is 0 Å². The number of ether oxygens (including phenoxy) is 1. The third-order valence-electron chi connectivity index (χ3n) is 4.45. The summed E-state index contributed by atoms with van der Waals surface area (Å²) < 4.78 is 20.7. The standard InChI is InChI=1S/C21H23FN2O2/c1-6-26-21(25)18-17(15-7-9-16(22)10-8-15)20-13(4)11-14(5)24(20)23-19(18)12(2)3/h7-12H,6H2,1-5H3. The van der Waals surface area contributed by atoms with Gasteiger partial charge in [0, 0.05) is 11.3 Å². The quantitative estimate of drug-likeness (QED) is 0.615. The molecule has 0 aliphatic rings. The van der Waals surface area contributed by atoms with Gasteiger partial charge in [0.05, 0.1) is 23.4 Å². The smallest absolute Gasteiger partial charge is 0.340 e. The second-order valence-corrected chi connectivity index (χ2v) is 6.75. The predicted molar refractivity (Wildman–Crippen MR) is 100 cm³/mol. The molecule has 1 aromatic carbocycles. The van der Waals surface area contributed by atoms with E-state index < -0.39 is 5.97 Å². The lowest BCUT2D eigenvalue weighted by Gasteiger charge is -2.18. The van der Waals surface area contributed by atoms with Gasteiger partial charge >= 0.3 is 5.97 Å². The number of fused-ring (bicyclic) bond motifs is 1. The van der Waals surface area contributed by atoms with Crippen LogP contribution in [0.2, 0.25) is 0 Å². The molecule has 0 aliphatic carbocycles. The Labute approximate surface area is 152 Å². The number of hydrogen-bond acceptors (Lipinski definition) is 3. The maximum atomic E-state index is 13.5.